The third-order valence-corrected chi connectivity index (χ3v) is 4.27. The molecule has 2 heterocycles. The van der Waals surface area contributed by atoms with Crippen molar-refractivity contribution in [1.29, 1.82) is 0 Å². The Bertz CT molecular complexity index is 938. The minimum atomic E-state index is -0.928. The van der Waals surface area contributed by atoms with Crippen molar-refractivity contribution in [3.05, 3.63) is 65.7 Å². The van der Waals surface area contributed by atoms with Crippen LogP contribution in [-0.4, -0.2) is 28.6 Å². The summed E-state index contributed by atoms with van der Waals surface area (Å²) < 4.78 is 32.2. The molecule has 0 aliphatic rings. The third-order valence-electron chi connectivity index (χ3n) is 4.27. The van der Waals surface area contributed by atoms with Crippen molar-refractivity contribution in [1.82, 2.24) is 15.0 Å². The fraction of sp³-hybridized carbons (Fsp3) is 0.250. The quantitative estimate of drug-likeness (QED) is 0.657. The molecule has 0 saturated heterocycles. The van der Waals surface area contributed by atoms with E-state index in [0.717, 1.165) is 23.0 Å². The lowest BCUT2D eigenvalue weighted by atomic mass is 9.99. The predicted octanol–water partition coefficient (Wildman–Crippen LogP) is 4.46. The summed E-state index contributed by atoms with van der Waals surface area (Å²) in [7, 11) is 1.43. The minimum Gasteiger partial charge on any atom is -0.496 e. The lowest BCUT2D eigenvalue weighted by molar-refractivity contribution is 0.398. The lowest BCUT2D eigenvalue weighted by Crippen LogP contribution is -2.12. The predicted molar refractivity (Wildman–Crippen MR) is 110 cm³/mol. The Morgan fingerprint density at radius 1 is 1.07 bits per heavy atom. The summed E-state index contributed by atoms with van der Waals surface area (Å²) in [5.41, 5.74) is 3.15. The molecule has 5 nitrogen and oxygen atoms in total. The third kappa shape index (κ3) is 4.95. The van der Waals surface area contributed by atoms with Gasteiger partial charge in [0.05, 0.1) is 12.8 Å². The van der Waals surface area contributed by atoms with Gasteiger partial charge in [-0.15, -0.1) is 0 Å². The maximum absolute atomic E-state index is 13.6. The maximum Gasteiger partial charge on any atom is 0.162 e. The Morgan fingerprint density at radius 3 is 2.50 bits per heavy atom. The van der Waals surface area contributed by atoms with E-state index in [1.807, 2.05) is 32.0 Å². The van der Waals surface area contributed by atoms with Gasteiger partial charge in [-0.1, -0.05) is 6.92 Å². The number of halogens is 2. The molecule has 0 radical (unpaired) electrons. The number of nitrogens with zero attached hydrogens (tertiary/aromatic N) is 3. The van der Waals surface area contributed by atoms with Crippen LogP contribution in [0.4, 0.5) is 14.6 Å². The molecule has 1 N–H and O–H groups in total. The molecule has 0 aliphatic carbocycles. The normalized spacial score (nSPS) is 11.5. The zero-order valence-electron chi connectivity index (χ0n) is 15.8. The zero-order chi connectivity index (χ0) is 19.4. The molecule has 3 rings (SSSR count). The highest BCUT2D eigenvalue weighted by molar-refractivity contribution is 7.59. The largest absolute Gasteiger partial charge is 0.496 e. The Hall–Kier alpha value is -2.74. The smallest absolute Gasteiger partial charge is 0.162 e. The van der Waals surface area contributed by atoms with Crippen molar-refractivity contribution in [2.75, 3.05) is 19.0 Å². The highest BCUT2D eigenvalue weighted by Gasteiger charge is 2.16. The van der Waals surface area contributed by atoms with Crippen molar-refractivity contribution in [3.63, 3.8) is 0 Å². The molecule has 148 valence electrons. The number of anilines is 1. The van der Waals surface area contributed by atoms with Gasteiger partial charge in [-0.3, -0.25) is 4.98 Å². The molecule has 0 amide bonds. The highest BCUT2D eigenvalue weighted by Crippen LogP contribution is 2.29. The summed E-state index contributed by atoms with van der Waals surface area (Å²) in [6.07, 6.45) is 3.23. The Morgan fingerprint density at radius 2 is 1.82 bits per heavy atom. The summed E-state index contributed by atoms with van der Waals surface area (Å²) >= 11 is 0. The first-order valence-electron chi connectivity index (χ1n) is 8.49. The Balaban J connectivity index is 0.00000280. The molecule has 0 saturated carbocycles. The van der Waals surface area contributed by atoms with Crippen LogP contribution in [0.3, 0.4) is 0 Å². The van der Waals surface area contributed by atoms with Gasteiger partial charge in [0.25, 0.3) is 0 Å². The number of pyridine rings is 1. The van der Waals surface area contributed by atoms with Crippen molar-refractivity contribution in [3.8, 4) is 17.0 Å². The first-order valence-corrected chi connectivity index (χ1v) is 8.49. The molecule has 8 heteroatoms. The van der Waals surface area contributed by atoms with Gasteiger partial charge in [-0.05, 0) is 25.1 Å². The number of benzene rings is 1. The summed E-state index contributed by atoms with van der Waals surface area (Å²) in [6, 6.07) is 7.92. The van der Waals surface area contributed by atoms with Crippen LogP contribution < -0.4 is 10.1 Å². The van der Waals surface area contributed by atoms with Gasteiger partial charge in [0.1, 0.15) is 17.9 Å². The van der Waals surface area contributed by atoms with E-state index in [4.69, 9.17) is 4.74 Å². The van der Waals surface area contributed by atoms with Gasteiger partial charge in [-0.2, -0.15) is 13.5 Å². The SMILES string of the molecule is COc1cc(F)c(F)cc1[C@H](C)CNc1cc(-c2ccc(C)nc2)ncn1.S. The van der Waals surface area contributed by atoms with Gasteiger partial charge in [0.2, 0.25) is 0 Å². The van der Waals surface area contributed by atoms with E-state index < -0.39 is 11.6 Å². The van der Waals surface area contributed by atoms with Crippen LogP contribution in [0, 0.1) is 18.6 Å². The molecule has 0 unspecified atom stereocenters. The average Bonchev–Trinajstić information content (AvgIpc) is 2.68. The van der Waals surface area contributed by atoms with Crippen LogP contribution in [0.15, 0.2) is 42.9 Å². The number of rotatable bonds is 6. The van der Waals surface area contributed by atoms with E-state index in [2.05, 4.69) is 20.3 Å². The van der Waals surface area contributed by atoms with Gasteiger partial charge in [0, 0.05) is 47.6 Å². The van der Waals surface area contributed by atoms with Gasteiger partial charge in [-0.25, -0.2) is 18.7 Å². The average molecular weight is 404 g/mol. The molecule has 1 atom stereocenters. The number of aryl methyl sites for hydroxylation is 1. The monoisotopic (exact) mass is 404 g/mol. The summed E-state index contributed by atoms with van der Waals surface area (Å²) in [5.74, 6) is -1.00. The molecule has 2 aromatic heterocycles. The van der Waals surface area contributed by atoms with E-state index in [1.54, 1.807) is 6.20 Å². The second kappa shape index (κ2) is 9.45. The Labute approximate surface area is 169 Å². The molecule has 1 aromatic carbocycles. The second-order valence-electron chi connectivity index (χ2n) is 6.27. The van der Waals surface area contributed by atoms with Crippen molar-refractivity contribution in [2.45, 2.75) is 19.8 Å². The van der Waals surface area contributed by atoms with Crippen molar-refractivity contribution < 1.29 is 13.5 Å². The van der Waals surface area contributed by atoms with Gasteiger partial charge >= 0.3 is 0 Å². The van der Waals surface area contributed by atoms with E-state index in [0.29, 0.717) is 23.7 Å². The number of methoxy groups -OCH3 is 1. The lowest BCUT2D eigenvalue weighted by Gasteiger charge is -2.17. The molecule has 28 heavy (non-hydrogen) atoms. The van der Waals surface area contributed by atoms with Crippen LogP contribution in [0.25, 0.3) is 11.3 Å². The van der Waals surface area contributed by atoms with Crippen LogP contribution in [0.5, 0.6) is 5.75 Å². The topological polar surface area (TPSA) is 59.9 Å². The molecular formula is C20H22F2N4OS. The highest BCUT2D eigenvalue weighted by atomic mass is 32.1. The van der Waals surface area contributed by atoms with Crippen LogP contribution in [0.1, 0.15) is 24.1 Å². The number of ether oxygens (including phenoxy) is 1. The van der Waals surface area contributed by atoms with E-state index in [-0.39, 0.29) is 19.4 Å². The summed E-state index contributed by atoms with van der Waals surface area (Å²) in [5, 5.41) is 3.21. The first kappa shape index (κ1) is 21.6. The maximum atomic E-state index is 13.6. The molecule has 0 fully saturated rings. The summed E-state index contributed by atoms with van der Waals surface area (Å²) in [6.45, 7) is 4.28. The number of hydrogen-bond donors (Lipinski definition) is 1. The Kier molecular flexibility index (Phi) is 7.28. The second-order valence-corrected chi connectivity index (χ2v) is 6.27. The van der Waals surface area contributed by atoms with Crippen molar-refractivity contribution in [2.24, 2.45) is 0 Å². The van der Waals surface area contributed by atoms with Crippen LogP contribution >= 0.6 is 13.5 Å². The van der Waals surface area contributed by atoms with E-state index in [1.165, 1.54) is 19.5 Å². The molecule has 3 aromatic rings. The zero-order valence-corrected chi connectivity index (χ0v) is 16.8. The van der Waals surface area contributed by atoms with E-state index in [9.17, 15) is 8.78 Å². The van der Waals surface area contributed by atoms with Crippen molar-refractivity contribution >= 4 is 19.3 Å². The minimum absolute atomic E-state index is 0. The van der Waals surface area contributed by atoms with Gasteiger partial charge < -0.3 is 10.1 Å². The fourth-order valence-electron chi connectivity index (χ4n) is 2.70. The summed E-state index contributed by atoms with van der Waals surface area (Å²) in [4.78, 5) is 12.8. The molecule has 0 spiro atoms. The van der Waals surface area contributed by atoms with Crippen LogP contribution in [0.2, 0.25) is 0 Å². The molecule has 0 bridgehead atoms. The number of hydrogen-bond acceptors (Lipinski definition) is 5. The first-order chi connectivity index (χ1) is 13.0. The van der Waals surface area contributed by atoms with Crippen LogP contribution in [-0.2, 0) is 0 Å². The van der Waals surface area contributed by atoms with E-state index >= 15 is 0 Å². The molecule has 0 aliphatic heterocycles. The standard InChI is InChI=1S/C20H20F2N4O.H2S/c1-12(15-6-16(21)17(22)7-19(15)27-3)9-24-20-8-18(25-11-26-20)14-5-4-13(2)23-10-14;/h4-8,10-12H,9H2,1-3H3,(H,24,25,26);1H2/t12-;/m1./s1. The number of nitrogens with one attached hydrogen (secondary N) is 1. The fourth-order valence-corrected chi connectivity index (χ4v) is 2.70. The molecular weight excluding hydrogens is 382 g/mol. The number of aromatic nitrogens is 3. The van der Waals surface area contributed by atoms with Gasteiger partial charge in [0.15, 0.2) is 11.6 Å².